The number of hydrogen-bond donors (Lipinski definition) is 1. The number of nitrogens with zero attached hydrogens (tertiary/aromatic N) is 1. The Labute approximate surface area is 149 Å². The molecule has 1 heterocycles. The molecular formula is C19H17ClN2O3. The first-order chi connectivity index (χ1) is 12.1. The van der Waals surface area contributed by atoms with Crippen molar-refractivity contribution in [2.75, 3.05) is 13.7 Å². The molecule has 0 aliphatic heterocycles. The fourth-order valence-electron chi connectivity index (χ4n) is 2.46. The lowest BCUT2D eigenvalue weighted by atomic mass is 10.2. The molecule has 0 saturated heterocycles. The second-order valence-corrected chi connectivity index (χ2v) is 5.67. The number of hydrogen-bond acceptors (Lipinski definition) is 4. The Morgan fingerprint density at radius 3 is 2.80 bits per heavy atom. The Morgan fingerprint density at radius 2 is 2.04 bits per heavy atom. The molecule has 0 amide bonds. The smallest absolute Gasteiger partial charge is 0.259 e. The van der Waals surface area contributed by atoms with E-state index in [-0.39, 0.29) is 5.56 Å². The summed E-state index contributed by atoms with van der Waals surface area (Å²) < 4.78 is 10.8. The number of halogens is 1. The molecule has 2 aromatic carbocycles. The first kappa shape index (κ1) is 17.0. The summed E-state index contributed by atoms with van der Waals surface area (Å²) in [7, 11) is 1.58. The quantitative estimate of drug-likeness (QED) is 0.748. The van der Waals surface area contributed by atoms with Crippen molar-refractivity contribution < 1.29 is 9.47 Å². The van der Waals surface area contributed by atoms with Gasteiger partial charge in [0, 0.05) is 0 Å². The highest BCUT2D eigenvalue weighted by atomic mass is 35.5. The third-order valence-electron chi connectivity index (χ3n) is 3.62. The Bertz CT molecular complexity index is 995. The SMILES string of the molecule is CCOc1ccc(/C=C(\Cl)c2nc3ccccc3c(=O)[nH]2)cc1OC. The van der Waals surface area contributed by atoms with Gasteiger partial charge in [0.1, 0.15) is 0 Å². The zero-order valence-electron chi connectivity index (χ0n) is 13.9. The Balaban J connectivity index is 2.00. The molecule has 1 aromatic heterocycles. The van der Waals surface area contributed by atoms with Crippen molar-refractivity contribution in [2.24, 2.45) is 0 Å². The maximum absolute atomic E-state index is 12.2. The second kappa shape index (κ2) is 7.40. The van der Waals surface area contributed by atoms with E-state index in [0.29, 0.717) is 39.9 Å². The van der Waals surface area contributed by atoms with Gasteiger partial charge in [0.25, 0.3) is 5.56 Å². The van der Waals surface area contributed by atoms with E-state index in [1.807, 2.05) is 31.2 Å². The van der Waals surface area contributed by atoms with Crippen LogP contribution >= 0.6 is 11.6 Å². The third-order valence-corrected chi connectivity index (χ3v) is 3.91. The van der Waals surface area contributed by atoms with Crippen LogP contribution in [0.25, 0.3) is 22.0 Å². The van der Waals surface area contributed by atoms with Crippen LogP contribution in [0.3, 0.4) is 0 Å². The maximum Gasteiger partial charge on any atom is 0.259 e. The minimum Gasteiger partial charge on any atom is -0.493 e. The number of ether oxygens (including phenoxy) is 2. The molecule has 25 heavy (non-hydrogen) atoms. The van der Waals surface area contributed by atoms with Crippen LogP contribution in [0.15, 0.2) is 47.3 Å². The van der Waals surface area contributed by atoms with Gasteiger partial charge in [-0.3, -0.25) is 4.79 Å². The molecule has 5 nitrogen and oxygen atoms in total. The van der Waals surface area contributed by atoms with Gasteiger partial charge in [0.05, 0.1) is 29.7 Å². The lowest BCUT2D eigenvalue weighted by Crippen LogP contribution is -2.10. The van der Waals surface area contributed by atoms with Crippen LogP contribution in [0.2, 0.25) is 0 Å². The van der Waals surface area contributed by atoms with E-state index in [2.05, 4.69) is 9.97 Å². The van der Waals surface area contributed by atoms with Crippen LogP contribution in [-0.2, 0) is 0 Å². The van der Waals surface area contributed by atoms with E-state index in [1.165, 1.54) is 0 Å². The number of benzene rings is 2. The zero-order valence-corrected chi connectivity index (χ0v) is 14.6. The van der Waals surface area contributed by atoms with E-state index in [4.69, 9.17) is 21.1 Å². The Kier molecular flexibility index (Phi) is 5.05. The average molecular weight is 357 g/mol. The number of aromatic amines is 1. The molecule has 0 atom stereocenters. The van der Waals surface area contributed by atoms with Crippen LogP contribution in [0, 0.1) is 0 Å². The molecule has 0 spiro atoms. The molecule has 3 rings (SSSR count). The molecular weight excluding hydrogens is 340 g/mol. The van der Waals surface area contributed by atoms with Crippen LogP contribution in [0.5, 0.6) is 11.5 Å². The van der Waals surface area contributed by atoms with E-state index < -0.39 is 0 Å². The van der Waals surface area contributed by atoms with Crippen molar-refractivity contribution in [3.05, 3.63) is 64.2 Å². The van der Waals surface area contributed by atoms with Crippen molar-refractivity contribution >= 4 is 33.6 Å². The normalized spacial score (nSPS) is 11.6. The van der Waals surface area contributed by atoms with E-state index in [1.54, 1.807) is 31.4 Å². The summed E-state index contributed by atoms with van der Waals surface area (Å²) in [5.41, 5.74) is 1.18. The number of rotatable bonds is 5. The lowest BCUT2D eigenvalue weighted by Gasteiger charge is -2.10. The fourth-order valence-corrected chi connectivity index (χ4v) is 2.68. The van der Waals surface area contributed by atoms with Gasteiger partial charge >= 0.3 is 0 Å². The third kappa shape index (κ3) is 3.67. The molecule has 1 N–H and O–H groups in total. The van der Waals surface area contributed by atoms with Crippen LogP contribution < -0.4 is 15.0 Å². The standard InChI is InChI=1S/C19H17ClN2O3/c1-3-25-16-9-8-12(11-17(16)24-2)10-14(20)18-21-15-7-5-4-6-13(15)19(23)22-18/h4-11H,3H2,1-2H3,(H,21,22,23)/b14-10-. The zero-order chi connectivity index (χ0) is 17.8. The predicted octanol–water partition coefficient (Wildman–Crippen LogP) is 4.07. The molecule has 0 unspecified atom stereocenters. The molecule has 0 radical (unpaired) electrons. The van der Waals surface area contributed by atoms with Gasteiger partial charge in [-0.05, 0) is 42.8 Å². The minimum absolute atomic E-state index is 0.226. The maximum atomic E-state index is 12.2. The van der Waals surface area contributed by atoms with Crippen LogP contribution in [0.4, 0.5) is 0 Å². The Morgan fingerprint density at radius 1 is 1.24 bits per heavy atom. The lowest BCUT2D eigenvalue weighted by molar-refractivity contribution is 0.311. The summed E-state index contributed by atoms with van der Waals surface area (Å²) in [4.78, 5) is 19.3. The van der Waals surface area contributed by atoms with Gasteiger partial charge in [-0.25, -0.2) is 4.98 Å². The van der Waals surface area contributed by atoms with Crippen molar-refractivity contribution in [1.82, 2.24) is 9.97 Å². The molecule has 0 aliphatic carbocycles. The van der Waals surface area contributed by atoms with Crippen molar-refractivity contribution in [3.8, 4) is 11.5 Å². The highest BCUT2D eigenvalue weighted by molar-refractivity contribution is 6.50. The van der Waals surface area contributed by atoms with Crippen LogP contribution in [-0.4, -0.2) is 23.7 Å². The molecule has 0 fully saturated rings. The van der Waals surface area contributed by atoms with E-state index in [0.717, 1.165) is 5.56 Å². The number of methoxy groups -OCH3 is 1. The van der Waals surface area contributed by atoms with E-state index >= 15 is 0 Å². The second-order valence-electron chi connectivity index (χ2n) is 5.27. The molecule has 0 saturated carbocycles. The molecule has 6 heteroatoms. The predicted molar refractivity (Wildman–Crippen MR) is 100 cm³/mol. The number of fused-ring (bicyclic) bond motifs is 1. The van der Waals surface area contributed by atoms with Crippen molar-refractivity contribution in [3.63, 3.8) is 0 Å². The monoisotopic (exact) mass is 356 g/mol. The molecule has 3 aromatic rings. The Hall–Kier alpha value is -2.79. The number of para-hydroxylation sites is 1. The summed E-state index contributed by atoms with van der Waals surface area (Å²) in [6, 6.07) is 12.6. The first-order valence-corrected chi connectivity index (χ1v) is 8.17. The molecule has 0 bridgehead atoms. The summed E-state index contributed by atoms with van der Waals surface area (Å²) in [5.74, 6) is 1.59. The number of nitrogens with one attached hydrogen (secondary N) is 1. The van der Waals surface area contributed by atoms with Gasteiger partial charge < -0.3 is 14.5 Å². The van der Waals surface area contributed by atoms with Crippen LogP contribution in [0.1, 0.15) is 18.3 Å². The fraction of sp³-hybridized carbons (Fsp3) is 0.158. The van der Waals surface area contributed by atoms with Gasteiger partial charge in [-0.2, -0.15) is 0 Å². The molecule has 128 valence electrons. The highest BCUT2D eigenvalue weighted by Gasteiger charge is 2.08. The summed E-state index contributed by atoms with van der Waals surface area (Å²) >= 11 is 6.37. The van der Waals surface area contributed by atoms with Gasteiger partial charge in [0.15, 0.2) is 17.3 Å². The van der Waals surface area contributed by atoms with Crippen molar-refractivity contribution in [1.29, 1.82) is 0 Å². The van der Waals surface area contributed by atoms with Gasteiger partial charge in [0.2, 0.25) is 0 Å². The summed E-state index contributed by atoms with van der Waals surface area (Å²) in [5, 5.41) is 0.854. The number of H-pyrrole nitrogens is 1. The van der Waals surface area contributed by atoms with E-state index in [9.17, 15) is 4.79 Å². The van der Waals surface area contributed by atoms with Gasteiger partial charge in [-0.1, -0.05) is 29.8 Å². The highest BCUT2D eigenvalue weighted by Crippen LogP contribution is 2.30. The summed E-state index contributed by atoms with van der Waals surface area (Å²) in [6.07, 6.45) is 1.72. The average Bonchev–Trinajstić information content (AvgIpc) is 2.63. The first-order valence-electron chi connectivity index (χ1n) is 7.80. The minimum atomic E-state index is -0.226. The van der Waals surface area contributed by atoms with Crippen molar-refractivity contribution in [2.45, 2.75) is 6.92 Å². The topological polar surface area (TPSA) is 64.2 Å². The largest absolute Gasteiger partial charge is 0.493 e. The summed E-state index contributed by atoms with van der Waals surface area (Å²) in [6.45, 7) is 2.46. The molecule has 0 aliphatic rings. The number of aromatic nitrogens is 2. The van der Waals surface area contributed by atoms with Gasteiger partial charge in [-0.15, -0.1) is 0 Å².